The molecule has 0 spiro atoms. The van der Waals surface area contributed by atoms with E-state index in [1.165, 1.54) is 17.2 Å². The topological polar surface area (TPSA) is 38.8 Å². The number of hydrogen-bond acceptors (Lipinski definition) is 4. The van der Waals surface area contributed by atoms with Crippen LogP contribution in [0.2, 0.25) is 0 Å². The first-order valence-corrected chi connectivity index (χ1v) is 11.3. The molecule has 1 heterocycles. The van der Waals surface area contributed by atoms with Crippen LogP contribution in [0.25, 0.3) is 0 Å². The lowest BCUT2D eigenvalue weighted by atomic mass is 9.98. The summed E-state index contributed by atoms with van der Waals surface area (Å²) in [6.45, 7) is 6.27. The predicted octanol–water partition coefficient (Wildman–Crippen LogP) is 4.09. The minimum Gasteiger partial charge on any atom is -0.376 e. The Balaban J connectivity index is 1.72. The molecule has 2 aromatic rings. The number of halogens is 3. The quantitative estimate of drug-likeness (QED) is 0.610. The van der Waals surface area contributed by atoms with Crippen molar-refractivity contribution in [3.63, 3.8) is 0 Å². The van der Waals surface area contributed by atoms with Crippen molar-refractivity contribution in [1.29, 1.82) is 0 Å². The average molecular weight is 463 g/mol. The summed E-state index contributed by atoms with van der Waals surface area (Å²) in [5.41, 5.74) is 3.23. The summed E-state index contributed by atoms with van der Waals surface area (Å²) in [4.78, 5) is 19.1. The van der Waals surface area contributed by atoms with E-state index in [0.717, 1.165) is 43.9 Å². The number of hydrogen-bond donors (Lipinski definition) is 1. The van der Waals surface area contributed by atoms with Gasteiger partial charge in [-0.3, -0.25) is 9.69 Å². The van der Waals surface area contributed by atoms with E-state index in [9.17, 15) is 18.0 Å². The van der Waals surface area contributed by atoms with Crippen molar-refractivity contribution in [2.45, 2.75) is 32.6 Å². The molecule has 8 heteroatoms. The molecule has 0 radical (unpaired) electrons. The highest BCUT2D eigenvalue weighted by Gasteiger charge is 2.30. The second-order valence-corrected chi connectivity index (χ2v) is 8.73. The van der Waals surface area contributed by atoms with E-state index in [4.69, 9.17) is 0 Å². The van der Waals surface area contributed by atoms with Crippen LogP contribution in [0.4, 0.5) is 18.9 Å². The molecule has 0 aromatic heterocycles. The first-order valence-electron chi connectivity index (χ1n) is 11.3. The van der Waals surface area contributed by atoms with E-state index >= 15 is 0 Å². The number of amides is 1. The number of fused-ring (bicyclic) bond motifs is 1. The average Bonchev–Trinajstić information content (AvgIpc) is 2.79. The molecule has 0 fully saturated rings. The second-order valence-electron chi connectivity index (χ2n) is 8.73. The highest BCUT2D eigenvalue weighted by atomic mass is 19.4. The molecule has 1 N–H and O–H groups in total. The number of benzene rings is 2. The lowest BCUT2D eigenvalue weighted by Gasteiger charge is -2.30. The highest BCUT2D eigenvalue weighted by molar-refractivity contribution is 5.81. The third-order valence-corrected chi connectivity index (χ3v) is 6.03. The van der Waals surface area contributed by atoms with E-state index in [2.05, 4.69) is 23.2 Å². The van der Waals surface area contributed by atoms with Gasteiger partial charge in [-0.05, 0) is 62.0 Å². The van der Waals surface area contributed by atoms with Gasteiger partial charge in [0.15, 0.2) is 0 Å². The molecule has 0 bridgehead atoms. The molecule has 2 aromatic carbocycles. The summed E-state index contributed by atoms with van der Waals surface area (Å²) in [7, 11) is 3.81. The summed E-state index contributed by atoms with van der Waals surface area (Å²) in [5, 5.41) is 3.30. The Bertz CT molecular complexity index is 945. The number of carbonyl (C=O) groups is 1. The van der Waals surface area contributed by atoms with Crippen molar-refractivity contribution in [1.82, 2.24) is 14.7 Å². The van der Waals surface area contributed by atoms with Gasteiger partial charge in [-0.15, -0.1) is 0 Å². The lowest BCUT2D eigenvalue weighted by Crippen LogP contribution is -2.39. The van der Waals surface area contributed by atoms with Crippen LogP contribution in [0, 0.1) is 0 Å². The smallest absolute Gasteiger partial charge is 0.376 e. The molecule has 0 unspecified atom stereocenters. The fourth-order valence-corrected chi connectivity index (χ4v) is 4.03. The second kappa shape index (κ2) is 11.0. The zero-order valence-corrected chi connectivity index (χ0v) is 19.6. The van der Waals surface area contributed by atoms with Gasteiger partial charge in [-0.2, -0.15) is 13.2 Å². The van der Waals surface area contributed by atoms with Crippen molar-refractivity contribution in [2.24, 2.45) is 0 Å². The Kier molecular flexibility index (Phi) is 8.37. The van der Waals surface area contributed by atoms with Gasteiger partial charge in [0.2, 0.25) is 5.91 Å². The van der Waals surface area contributed by atoms with Gasteiger partial charge in [0, 0.05) is 38.4 Å². The molecule has 0 saturated heterocycles. The zero-order chi connectivity index (χ0) is 24.0. The Morgan fingerprint density at radius 1 is 1.12 bits per heavy atom. The molecule has 1 amide bonds. The van der Waals surface area contributed by atoms with Crippen LogP contribution in [0.15, 0.2) is 42.5 Å². The van der Waals surface area contributed by atoms with Crippen LogP contribution in [-0.2, 0) is 30.5 Å². The van der Waals surface area contributed by atoms with E-state index in [1.807, 2.05) is 31.1 Å². The third-order valence-electron chi connectivity index (χ3n) is 6.03. The molecule has 0 atom stereocenters. The molecule has 1 aliphatic rings. The van der Waals surface area contributed by atoms with E-state index in [0.29, 0.717) is 18.7 Å². The molecule has 0 aliphatic carbocycles. The highest BCUT2D eigenvalue weighted by Crippen LogP contribution is 2.30. The lowest BCUT2D eigenvalue weighted by molar-refractivity contribution is -0.137. The molecule has 5 nitrogen and oxygen atoms in total. The number of rotatable bonds is 9. The van der Waals surface area contributed by atoms with E-state index < -0.39 is 11.7 Å². The molecule has 3 rings (SSSR count). The Hall–Kier alpha value is -2.58. The van der Waals surface area contributed by atoms with Gasteiger partial charge >= 0.3 is 6.18 Å². The van der Waals surface area contributed by atoms with Gasteiger partial charge in [-0.1, -0.05) is 31.2 Å². The Morgan fingerprint density at radius 2 is 1.88 bits per heavy atom. The number of carbonyl (C=O) groups excluding carboxylic acids is 1. The number of nitrogens with zero attached hydrogens (tertiary/aromatic N) is 3. The van der Waals surface area contributed by atoms with E-state index in [1.54, 1.807) is 11.0 Å². The van der Waals surface area contributed by atoms with Crippen molar-refractivity contribution in [3.05, 3.63) is 64.7 Å². The fourth-order valence-electron chi connectivity index (χ4n) is 4.03. The number of likely N-dealkylation sites (N-methyl/N-ethyl adjacent to an activating group) is 2. The van der Waals surface area contributed by atoms with Crippen molar-refractivity contribution < 1.29 is 18.0 Å². The largest absolute Gasteiger partial charge is 0.416 e. The van der Waals surface area contributed by atoms with Crippen molar-refractivity contribution >= 4 is 11.6 Å². The van der Waals surface area contributed by atoms with Gasteiger partial charge < -0.3 is 15.1 Å². The summed E-state index contributed by atoms with van der Waals surface area (Å²) in [5.74, 6) is -0.143. The van der Waals surface area contributed by atoms with Crippen LogP contribution in [0.3, 0.4) is 0 Å². The number of anilines is 1. The minimum absolute atomic E-state index is 0.0922. The summed E-state index contributed by atoms with van der Waals surface area (Å²) >= 11 is 0. The SMILES string of the molecule is CCN1CCc2cccc(NCC(=O)N(CCN(C)C)Cc3cccc(C(F)(F)F)c3)c2C1. The molecule has 33 heavy (non-hydrogen) atoms. The number of alkyl halides is 3. The molecule has 0 saturated carbocycles. The standard InChI is InChI=1S/C25H33F3N4O/c1-4-31-12-11-20-8-6-10-23(22(20)18-31)29-16-24(33)32(14-13-30(2)3)17-19-7-5-9-21(15-19)25(26,27)28/h5-10,15,29H,4,11-14,16-18H2,1-3H3. The number of nitrogens with one attached hydrogen (secondary N) is 1. The monoisotopic (exact) mass is 462 g/mol. The first-order chi connectivity index (χ1) is 15.7. The van der Waals surface area contributed by atoms with Gasteiger partial charge in [-0.25, -0.2) is 0 Å². The maximum atomic E-state index is 13.1. The van der Waals surface area contributed by atoms with Gasteiger partial charge in [0.1, 0.15) is 0 Å². The maximum absolute atomic E-state index is 13.1. The third kappa shape index (κ3) is 6.95. The first kappa shape index (κ1) is 25.1. The predicted molar refractivity (Wildman–Crippen MR) is 125 cm³/mol. The summed E-state index contributed by atoms with van der Waals surface area (Å²) in [6.07, 6.45) is -3.42. The normalized spacial score (nSPS) is 14.3. The van der Waals surface area contributed by atoms with Gasteiger partial charge in [0.05, 0.1) is 12.1 Å². The minimum atomic E-state index is -4.41. The maximum Gasteiger partial charge on any atom is 0.416 e. The molecule has 180 valence electrons. The molecule has 1 aliphatic heterocycles. The molecular formula is C25H33F3N4O. The van der Waals surface area contributed by atoms with Crippen LogP contribution in [0.5, 0.6) is 0 Å². The van der Waals surface area contributed by atoms with Crippen molar-refractivity contribution in [3.8, 4) is 0 Å². The zero-order valence-electron chi connectivity index (χ0n) is 19.6. The van der Waals surface area contributed by atoms with E-state index in [-0.39, 0.29) is 19.0 Å². The summed E-state index contributed by atoms with van der Waals surface area (Å²) < 4.78 is 39.4. The van der Waals surface area contributed by atoms with Crippen LogP contribution < -0.4 is 5.32 Å². The van der Waals surface area contributed by atoms with Crippen molar-refractivity contribution in [2.75, 3.05) is 52.1 Å². The summed E-state index contributed by atoms with van der Waals surface area (Å²) in [6, 6.07) is 11.3. The Morgan fingerprint density at radius 3 is 2.58 bits per heavy atom. The van der Waals surface area contributed by atoms with Crippen LogP contribution in [0.1, 0.15) is 29.2 Å². The Labute approximate surface area is 194 Å². The van der Waals surface area contributed by atoms with Crippen LogP contribution in [-0.4, -0.2) is 67.4 Å². The van der Waals surface area contributed by atoms with Crippen LogP contribution >= 0.6 is 0 Å². The molecular weight excluding hydrogens is 429 g/mol. The van der Waals surface area contributed by atoms with Gasteiger partial charge in [0.25, 0.3) is 0 Å². The fraction of sp³-hybridized carbons (Fsp3) is 0.480.